The van der Waals surface area contributed by atoms with E-state index in [1.807, 2.05) is 18.2 Å². The number of likely N-dealkylation sites (tertiary alicyclic amines) is 1. The van der Waals surface area contributed by atoms with Crippen molar-refractivity contribution in [1.82, 2.24) is 4.90 Å². The second-order valence-corrected chi connectivity index (χ2v) is 8.61. The van der Waals surface area contributed by atoms with Gasteiger partial charge in [-0.3, -0.25) is 14.5 Å². The molecular formula is C23H34ClNO5. The minimum atomic E-state index is -1.66. The molecular weight excluding hydrogens is 406 g/mol. The number of hydrogen-bond acceptors (Lipinski definition) is 4. The van der Waals surface area contributed by atoms with Crippen LogP contribution in [0.15, 0.2) is 18.2 Å². The predicted octanol–water partition coefficient (Wildman–Crippen LogP) is 5.22. The monoisotopic (exact) mass is 439 g/mol. The van der Waals surface area contributed by atoms with E-state index in [0.717, 1.165) is 12.0 Å². The molecule has 1 aromatic rings. The smallest absolute Gasteiger partial charge is 0.321 e. The first-order valence-electron chi connectivity index (χ1n) is 11.0. The molecule has 0 radical (unpaired) electrons. The van der Waals surface area contributed by atoms with Gasteiger partial charge in [-0.2, -0.15) is 0 Å². The quantitative estimate of drug-likeness (QED) is 0.323. The van der Waals surface area contributed by atoms with Crippen molar-refractivity contribution in [3.63, 3.8) is 0 Å². The van der Waals surface area contributed by atoms with Crippen molar-refractivity contribution >= 4 is 23.5 Å². The lowest BCUT2D eigenvalue weighted by Gasteiger charge is -2.36. The van der Waals surface area contributed by atoms with Gasteiger partial charge < -0.3 is 14.9 Å². The Morgan fingerprint density at radius 1 is 1.03 bits per heavy atom. The van der Waals surface area contributed by atoms with Crippen LogP contribution < -0.4 is 4.74 Å². The van der Waals surface area contributed by atoms with Crippen molar-refractivity contribution in [2.24, 2.45) is 5.41 Å². The maximum Gasteiger partial charge on any atom is 0.321 e. The average Bonchev–Trinajstić information content (AvgIpc) is 2.71. The van der Waals surface area contributed by atoms with Crippen LogP contribution in [0.3, 0.4) is 0 Å². The highest BCUT2D eigenvalue weighted by atomic mass is 35.5. The molecule has 168 valence electrons. The van der Waals surface area contributed by atoms with Crippen LogP contribution in [-0.2, 0) is 16.1 Å². The number of hydrogen-bond donors (Lipinski definition) is 2. The van der Waals surface area contributed by atoms with E-state index in [-0.39, 0.29) is 12.8 Å². The lowest BCUT2D eigenvalue weighted by atomic mass is 9.78. The zero-order valence-corrected chi connectivity index (χ0v) is 18.6. The number of unbranched alkanes of at least 4 members (excludes halogenated alkanes) is 6. The van der Waals surface area contributed by atoms with Crippen molar-refractivity contribution in [2.75, 3.05) is 19.7 Å². The molecule has 2 N–H and O–H groups in total. The number of carboxylic acid groups (broad SMARTS) is 2. The molecule has 1 fully saturated rings. The van der Waals surface area contributed by atoms with Gasteiger partial charge in [0.05, 0.1) is 11.6 Å². The van der Waals surface area contributed by atoms with Crippen molar-refractivity contribution in [2.45, 2.75) is 71.3 Å². The second-order valence-electron chi connectivity index (χ2n) is 8.20. The molecule has 6 nitrogen and oxygen atoms in total. The van der Waals surface area contributed by atoms with Crippen LogP contribution in [-0.4, -0.2) is 46.7 Å². The van der Waals surface area contributed by atoms with Gasteiger partial charge in [0.25, 0.3) is 0 Å². The number of piperidine rings is 1. The Morgan fingerprint density at radius 2 is 1.63 bits per heavy atom. The van der Waals surface area contributed by atoms with Crippen LogP contribution in [0.25, 0.3) is 0 Å². The van der Waals surface area contributed by atoms with Crippen LogP contribution in [0.2, 0.25) is 5.02 Å². The summed E-state index contributed by atoms with van der Waals surface area (Å²) < 4.78 is 5.81. The fourth-order valence-corrected chi connectivity index (χ4v) is 4.13. The molecule has 0 saturated carbocycles. The summed E-state index contributed by atoms with van der Waals surface area (Å²) in [7, 11) is 0. The third-order valence-corrected chi connectivity index (χ3v) is 6.23. The number of carboxylic acids is 2. The van der Waals surface area contributed by atoms with Crippen LogP contribution in [0.1, 0.15) is 70.3 Å². The van der Waals surface area contributed by atoms with Gasteiger partial charge in [-0.05, 0) is 37.0 Å². The predicted molar refractivity (Wildman–Crippen MR) is 117 cm³/mol. The van der Waals surface area contributed by atoms with Gasteiger partial charge in [0.2, 0.25) is 0 Å². The maximum absolute atomic E-state index is 11.4. The van der Waals surface area contributed by atoms with Crippen molar-refractivity contribution in [3.05, 3.63) is 28.8 Å². The molecule has 0 spiro atoms. The van der Waals surface area contributed by atoms with Crippen molar-refractivity contribution < 1.29 is 24.5 Å². The highest BCUT2D eigenvalue weighted by Gasteiger charge is 2.48. The zero-order chi connectivity index (χ0) is 22.0. The molecule has 2 rings (SSSR count). The van der Waals surface area contributed by atoms with E-state index < -0.39 is 17.4 Å². The van der Waals surface area contributed by atoms with Gasteiger partial charge in [0.1, 0.15) is 5.75 Å². The Bertz CT molecular complexity index is 685. The summed E-state index contributed by atoms with van der Waals surface area (Å²) in [5, 5.41) is 19.2. The largest absolute Gasteiger partial charge is 0.492 e. The molecule has 30 heavy (non-hydrogen) atoms. The number of carbonyl (C=O) groups is 2. The van der Waals surface area contributed by atoms with Gasteiger partial charge in [-0.1, -0.05) is 63.1 Å². The number of aliphatic carboxylic acids is 2. The molecule has 0 bridgehead atoms. The van der Waals surface area contributed by atoms with Gasteiger partial charge in [0.15, 0.2) is 5.41 Å². The molecule has 0 atom stereocenters. The third-order valence-electron chi connectivity index (χ3n) is 5.94. The minimum Gasteiger partial charge on any atom is -0.492 e. The van der Waals surface area contributed by atoms with Crippen LogP contribution in [0, 0.1) is 5.41 Å². The van der Waals surface area contributed by atoms with Gasteiger partial charge in [-0.15, -0.1) is 0 Å². The first-order chi connectivity index (χ1) is 14.4. The first-order valence-corrected chi connectivity index (χ1v) is 11.4. The van der Waals surface area contributed by atoms with E-state index in [1.165, 1.54) is 38.5 Å². The lowest BCUT2D eigenvalue weighted by molar-refractivity contribution is -0.168. The molecule has 1 heterocycles. The number of rotatable bonds is 13. The van der Waals surface area contributed by atoms with E-state index in [4.69, 9.17) is 16.3 Å². The van der Waals surface area contributed by atoms with Crippen LogP contribution in [0.4, 0.5) is 0 Å². The van der Waals surface area contributed by atoms with Gasteiger partial charge in [0, 0.05) is 19.6 Å². The van der Waals surface area contributed by atoms with E-state index in [1.54, 1.807) is 0 Å². The molecule has 0 unspecified atom stereocenters. The Morgan fingerprint density at radius 3 is 2.20 bits per heavy atom. The molecule has 1 saturated heterocycles. The van der Waals surface area contributed by atoms with Gasteiger partial charge in [-0.25, -0.2) is 0 Å². The summed E-state index contributed by atoms with van der Waals surface area (Å²) in [6.45, 7) is 4.33. The SMILES string of the molecule is CCCCCCCCCOc1ccc(CN2CCC(C(=O)O)(C(=O)O)CC2)cc1Cl. The van der Waals surface area contributed by atoms with Crippen molar-refractivity contribution in [1.29, 1.82) is 0 Å². The summed E-state index contributed by atoms with van der Waals surface area (Å²) >= 11 is 6.37. The Labute approximate surface area is 184 Å². The summed E-state index contributed by atoms with van der Waals surface area (Å²) in [5.41, 5.74) is -0.664. The highest BCUT2D eigenvalue weighted by molar-refractivity contribution is 6.32. The standard InChI is InChI=1S/C23H34ClNO5/c1-2-3-4-5-6-7-8-15-30-20-10-9-18(16-19(20)24)17-25-13-11-23(12-14-25,21(26)27)22(28)29/h9-10,16H,2-8,11-15,17H2,1H3,(H,26,27)(H,28,29). The summed E-state index contributed by atoms with van der Waals surface area (Å²) in [6.07, 6.45) is 8.83. The molecule has 7 heteroatoms. The first kappa shape index (κ1) is 24.5. The zero-order valence-electron chi connectivity index (χ0n) is 17.9. The summed E-state index contributed by atoms with van der Waals surface area (Å²) in [4.78, 5) is 24.9. The molecule has 0 aromatic heterocycles. The second kappa shape index (κ2) is 12.2. The normalized spacial score (nSPS) is 16.3. The van der Waals surface area contributed by atoms with E-state index >= 15 is 0 Å². The van der Waals surface area contributed by atoms with E-state index in [0.29, 0.717) is 37.0 Å². The molecule has 1 aromatic carbocycles. The number of halogens is 1. The fraction of sp³-hybridized carbons (Fsp3) is 0.652. The molecule has 0 aliphatic carbocycles. The Balaban J connectivity index is 1.75. The molecule has 1 aliphatic rings. The molecule has 1 aliphatic heterocycles. The van der Waals surface area contributed by atoms with Crippen LogP contribution in [0.5, 0.6) is 5.75 Å². The molecule has 0 amide bonds. The summed E-state index contributed by atoms with van der Waals surface area (Å²) in [6, 6.07) is 5.71. The van der Waals surface area contributed by atoms with Crippen molar-refractivity contribution in [3.8, 4) is 5.75 Å². The van der Waals surface area contributed by atoms with E-state index in [2.05, 4.69) is 11.8 Å². The summed E-state index contributed by atoms with van der Waals surface area (Å²) in [5.74, 6) is -1.82. The maximum atomic E-state index is 11.4. The Hall–Kier alpha value is -1.79. The number of benzene rings is 1. The van der Waals surface area contributed by atoms with E-state index in [9.17, 15) is 19.8 Å². The average molecular weight is 440 g/mol. The third kappa shape index (κ3) is 6.88. The number of nitrogens with zero attached hydrogens (tertiary/aromatic N) is 1. The highest BCUT2D eigenvalue weighted by Crippen LogP contribution is 2.33. The minimum absolute atomic E-state index is 0.102. The topological polar surface area (TPSA) is 87.1 Å². The fourth-order valence-electron chi connectivity index (χ4n) is 3.87. The van der Waals surface area contributed by atoms with Crippen LogP contribution >= 0.6 is 11.6 Å². The lowest BCUT2D eigenvalue weighted by Crippen LogP contribution is -2.48. The Kier molecular flexibility index (Phi) is 9.92. The number of ether oxygens (including phenoxy) is 1. The van der Waals surface area contributed by atoms with Gasteiger partial charge >= 0.3 is 11.9 Å².